The maximum absolute atomic E-state index is 12.1. The Morgan fingerprint density at radius 2 is 1.94 bits per heavy atom. The fraction of sp³-hybridized carbons (Fsp3) is 0.600. The molecule has 0 spiro atoms. The van der Waals surface area contributed by atoms with Crippen LogP contribution in [0.3, 0.4) is 0 Å². The highest BCUT2D eigenvalue weighted by molar-refractivity contribution is 7.91. The van der Waals surface area contributed by atoms with E-state index in [2.05, 4.69) is 4.72 Å². The molecule has 0 amide bonds. The first-order valence-electron chi connectivity index (χ1n) is 4.99. The van der Waals surface area contributed by atoms with Crippen molar-refractivity contribution >= 4 is 33.8 Å². The Morgan fingerprint density at radius 1 is 1.41 bits per heavy atom. The van der Waals surface area contributed by atoms with Gasteiger partial charge in [-0.3, -0.25) is 0 Å². The van der Waals surface area contributed by atoms with Crippen LogP contribution in [0.15, 0.2) is 10.3 Å². The predicted octanol–water partition coefficient (Wildman–Crippen LogP) is 1.80. The Kier molecular flexibility index (Phi) is 5.62. The van der Waals surface area contributed by atoms with Gasteiger partial charge in [-0.2, -0.15) is 0 Å². The van der Waals surface area contributed by atoms with Gasteiger partial charge in [0.2, 0.25) is 0 Å². The van der Waals surface area contributed by atoms with Crippen LogP contribution in [0, 0.1) is 13.8 Å². The van der Waals surface area contributed by atoms with Gasteiger partial charge in [0.25, 0.3) is 10.0 Å². The number of halogens is 1. The number of nitrogens with one attached hydrogen (secondary N) is 1. The summed E-state index contributed by atoms with van der Waals surface area (Å²) >= 11 is 1.28. The summed E-state index contributed by atoms with van der Waals surface area (Å²) in [5, 5.41) is 0. The molecule has 0 saturated heterocycles. The van der Waals surface area contributed by atoms with E-state index in [1.807, 2.05) is 13.0 Å². The van der Waals surface area contributed by atoms with Crippen LogP contribution in [0.1, 0.15) is 24.3 Å². The Bertz CT molecular complexity index is 480. The van der Waals surface area contributed by atoms with E-state index in [9.17, 15) is 8.42 Å². The lowest BCUT2D eigenvalue weighted by Gasteiger charge is -2.23. The highest BCUT2D eigenvalue weighted by Crippen LogP contribution is 2.26. The molecule has 0 fully saturated rings. The second-order valence-electron chi connectivity index (χ2n) is 4.52. The molecule has 1 heterocycles. The van der Waals surface area contributed by atoms with Crippen LogP contribution < -0.4 is 10.5 Å². The third kappa shape index (κ3) is 4.22. The second kappa shape index (κ2) is 5.67. The number of hydrogen-bond donors (Lipinski definition) is 2. The van der Waals surface area contributed by atoms with E-state index in [1.165, 1.54) is 11.3 Å². The molecule has 1 aromatic heterocycles. The minimum Gasteiger partial charge on any atom is -0.329 e. The molecule has 0 atom stereocenters. The average Bonchev–Trinajstić information content (AvgIpc) is 2.44. The number of sulfonamides is 1. The predicted molar refractivity (Wildman–Crippen MR) is 74.5 cm³/mol. The van der Waals surface area contributed by atoms with Crippen molar-refractivity contribution in [2.45, 2.75) is 37.4 Å². The molecule has 0 aliphatic rings. The van der Waals surface area contributed by atoms with Gasteiger partial charge in [-0.05, 0) is 39.3 Å². The Labute approximate surface area is 113 Å². The zero-order chi connectivity index (χ0) is 12.6. The molecule has 0 radical (unpaired) electrons. The summed E-state index contributed by atoms with van der Waals surface area (Å²) in [4.78, 5) is 0.989. The molecular weight excluding hydrogens is 280 g/mol. The van der Waals surface area contributed by atoms with Crippen LogP contribution in [-0.2, 0) is 10.0 Å². The van der Waals surface area contributed by atoms with Crippen molar-refractivity contribution in [3.63, 3.8) is 0 Å². The normalized spacial score (nSPS) is 12.3. The second-order valence-corrected chi connectivity index (χ2v) is 7.66. The van der Waals surface area contributed by atoms with Crippen LogP contribution in [0.2, 0.25) is 0 Å². The largest absolute Gasteiger partial charge is 0.329 e. The highest BCUT2D eigenvalue weighted by Gasteiger charge is 2.27. The summed E-state index contributed by atoms with van der Waals surface area (Å²) in [5.74, 6) is 0. The molecule has 1 rings (SSSR count). The van der Waals surface area contributed by atoms with Gasteiger partial charge in [0.05, 0.1) is 0 Å². The fourth-order valence-electron chi connectivity index (χ4n) is 1.34. The standard InChI is InChI=1S/C10H18N2O2S2.ClH/c1-7-5-8(2)15-9(7)16(13,14)12-10(3,4)6-11;/h5,12H,6,11H2,1-4H3;1H. The van der Waals surface area contributed by atoms with E-state index >= 15 is 0 Å². The number of nitrogens with two attached hydrogens (primary N) is 1. The summed E-state index contributed by atoms with van der Waals surface area (Å²) in [6.07, 6.45) is 0. The Hall–Kier alpha value is -0.140. The molecule has 4 nitrogen and oxygen atoms in total. The first kappa shape index (κ1) is 16.9. The van der Waals surface area contributed by atoms with Crippen molar-refractivity contribution in [1.82, 2.24) is 4.72 Å². The van der Waals surface area contributed by atoms with Crippen molar-refractivity contribution in [3.8, 4) is 0 Å². The lowest BCUT2D eigenvalue weighted by atomic mass is 10.1. The fourth-order valence-corrected chi connectivity index (χ4v) is 4.43. The topological polar surface area (TPSA) is 72.2 Å². The van der Waals surface area contributed by atoms with Gasteiger partial charge in [0.15, 0.2) is 0 Å². The molecular formula is C10H19ClN2O2S2. The zero-order valence-electron chi connectivity index (χ0n) is 10.4. The van der Waals surface area contributed by atoms with Gasteiger partial charge in [0.1, 0.15) is 4.21 Å². The van der Waals surface area contributed by atoms with Crippen molar-refractivity contribution in [1.29, 1.82) is 0 Å². The minimum atomic E-state index is -3.45. The number of thiophene rings is 1. The van der Waals surface area contributed by atoms with E-state index in [-0.39, 0.29) is 19.0 Å². The van der Waals surface area contributed by atoms with Crippen LogP contribution in [0.25, 0.3) is 0 Å². The van der Waals surface area contributed by atoms with Gasteiger partial charge in [-0.25, -0.2) is 13.1 Å². The van der Waals surface area contributed by atoms with Gasteiger partial charge < -0.3 is 5.73 Å². The van der Waals surface area contributed by atoms with Crippen molar-refractivity contribution in [2.75, 3.05) is 6.54 Å². The molecule has 3 N–H and O–H groups in total. The van der Waals surface area contributed by atoms with Crippen molar-refractivity contribution < 1.29 is 8.42 Å². The molecule has 0 aromatic carbocycles. The molecule has 7 heteroatoms. The molecule has 100 valence electrons. The van der Waals surface area contributed by atoms with Gasteiger partial charge in [-0.15, -0.1) is 23.7 Å². The first-order valence-corrected chi connectivity index (χ1v) is 7.29. The lowest BCUT2D eigenvalue weighted by molar-refractivity contribution is 0.463. The van der Waals surface area contributed by atoms with Crippen LogP contribution in [0.5, 0.6) is 0 Å². The quantitative estimate of drug-likeness (QED) is 0.890. The summed E-state index contributed by atoms with van der Waals surface area (Å²) in [5.41, 5.74) is 5.67. The number of rotatable bonds is 4. The van der Waals surface area contributed by atoms with E-state index in [1.54, 1.807) is 20.8 Å². The van der Waals surface area contributed by atoms with Crippen LogP contribution in [0.4, 0.5) is 0 Å². The van der Waals surface area contributed by atoms with E-state index < -0.39 is 15.6 Å². The van der Waals surface area contributed by atoms with Crippen LogP contribution in [-0.4, -0.2) is 20.5 Å². The molecule has 0 aliphatic heterocycles. The Balaban J connectivity index is 0.00000256. The maximum Gasteiger partial charge on any atom is 0.250 e. The average molecular weight is 299 g/mol. The third-order valence-electron chi connectivity index (χ3n) is 2.16. The summed E-state index contributed by atoms with van der Waals surface area (Å²) in [6, 6.07) is 1.87. The van der Waals surface area contributed by atoms with E-state index in [4.69, 9.17) is 5.73 Å². The van der Waals surface area contributed by atoms with Crippen molar-refractivity contribution in [3.05, 3.63) is 16.5 Å². The minimum absolute atomic E-state index is 0. The highest BCUT2D eigenvalue weighted by atomic mass is 35.5. The summed E-state index contributed by atoms with van der Waals surface area (Å²) in [6.45, 7) is 7.48. The van der Waals surface area contributed by atoms with Crippen molar-refractivity contribution in [2.24, 2.45) is 5.73 Å². The van der Waals surface area contributed by atoms with Gasteiger partial charge >= 0.3 is 0 Å². The number of aryl methyl sites for hydroxylation is 2. The molecule has 0 saturated carbocycles. The zero-order valence-corrected chi connectivity index (χ0v) is 12.9. The SMILES string of the molecule is Cc1cc(C)c(S(=O)(=O)NC(C)(C)CN)s1.Cl. The molecule has 0 unspecified atom stereocenters. The maximum atomic E-state index is 12.1. The lowest BCUT2D eigenvalue weighted by Crippen LogP contribution is -2.48. The van der Waals surface area contributed by atoms with Gasteiger partial charge in [0, 0.05) is 17.0 Å². The molecule has 17 heavy (non-hydrogen) atoms. The summed E-state index contributed by atoms with van der Waals surface area (Å²) in [7, 11) is -3.45. The molecule has 0 bridgehead atoms. The Morgan fingerprint density at radius 3 is 2.29 bits per heavy atom. The molecule has 0 aliphatic carbocycles. The van der Waals surface area contributed by atoms with Gasteiger partial charge in [-0.1, -0.05) is 0 Å². The first-order chi connectivity index (χ1) is 7.18. The van der Waals surface area contributed by atoms with E-state index in [0.717, 1.165) is 10.4 Å². The monoisotopic (exact) mass is 298 g/mol. The van der Waals surface area contributed by atoms with E-state index in [0.29, 0.717) is 4.21 Å². The number of hydrogen-bond acceptors (Lipinski definition) is 4. The third-order valence-corrected chi connectivity index (χ3v) is 5.65. The molecule has 1 aromatic rings. The van der Waals surface area contributed by atoms with Crippen LogP contribution >= 0.6 is 23.7 Å². The smallest absolute Gasteiger partial charge is 0.250 e. The summed E-state index contributed by atoms with van der Waals surface area (Å²) < 4.78 is 27.2.